The Hall–Kier alpha value is -1.52. The van der Waals surface area contributed by atoms with Gasteiger partial charge in [0.15, 0.2) is 0 Å². The van der Waals surface area contributed by atoms with E-state index in [1.165, 1.54) is 12.1 Å². The van der Waals surface area contributed by atoms with Crippen LogP contribution in [0, 0.1) is 0 Å². The molecule has 0 aliphatic rings. The fourth-order valence-corrected chi connectivity index (χ4v) is 1.67. The minimum absolute atomic E-state index is 0.127. The van der Waals surface area contributed by atoms with Crippen molar-refractivity contribution in [3.05, 3.63) is 46.5 Å². The van der Waals surface area contributed by atoms with Gasteiger partial charge >= 0.3 is 11.9 Å². The van der Waals surface area contributed by atoms with Crippen molar-refractivity contribution in [1.29, 1.82) is 0 Å². The van der Waals surface area contributed by atoms with E-state index >= 15 is 0 Å². The fourth-order valence-electron chi connectivity index (χ4n) is 1.19. The number of rotatable bonds is 6. The molecular formula is C13H12Cl2O4. The molecule has 6 heteroatoms. The topological polar surface area (TPSA) is 52.6 Å². The summed E-state index contributed by atoms with van der Waals surface area (Å²) < 4.78 is 9.71. The zero-order valence-electron chi connectivity index (χ0n) is 10.0. The summed E-state index contributed by atoms with van der Waals surface area (Å²) in [5.41, 5.74) is 0.245. The number of halogens is 2. The molecule has 1 aromatic carbocycles. The lowest BCUT2D eigenvalue weighted by molar-refractivity contribution is -0.137. The van der Waals surface area contributed by atoms with E-state index in [1.54, 1.807) is 6.07 Å². The van der Waals surface area contributed by atoms with Crippen molar-refractivity contribution in [1.82, 2.24) is 0 Å². The number of esters is 2. The van der Waals surface area contributed by atoms with Gasteiger partial charge in [-0.25, -0.2) is 9.59 Å². The summed E-state index contributed by atoms with van der Waals surface area (Å²) in [6.07, 6.45) is 1.47. The third-order valence-corrected chi connectivity index (χ3v) is 2.63. The van der Waals surface area contributed by atoms with Gasteiger partial charge in [-0.2, -0.15) is 0 Å². The first-order chi connectivity index (χ1) is 9.04. The molecule has 0 bridgehead atoms. The van der Waals surface area contributed by atoms with Gasteiger partial charge in [0.2, 0.25) is 0 Å². The quantitative estimate of drug-likeness (QED) is 0.460. The van der Waals surface area contributed by atoms with Crippen molar-refractivity contribution in [2.45, 2.75) is 6.42 Å². The monoisotopic (exact) mass is 302 g/mol. The number of benzene rings is 1. The van der Waals surface area contributed by atoms with Crippen molar-refractivity contribution >= 4 is 35.1 Å². The fraction of sp³-hybridized carbons (Fsp3) is 0.231. The van der Waals surface area contributed by atoms with Gasteiger partial charge in [-0.3, -0.25) is 0 Å². The van der Waals surface area contributed by atoms with Gasteiger partial charge in [0, 0.05) is 17.5 Å². The molecule has 1 rings (SSSR count). The smallest absolute Gasteiger partial charge is 0.339 e. The molecule has 0 heterocycles. The predicted octanol–water partition coefficient (Wildman–Crippen LogP) is 3.27. The highest BCUT2D eigenvalue weighted by molar-refractivity contribution is 6.36. The van der Waals surface area contributed by atoms with Crippen molar-refractivity contribution in [2.24, 2.45) is 0 Å². The Labute approximate surface area is 120 Å². The molecule has 0 aromatic heterocycles. The molecule has 0 fully saturated rings. The van der Waals surface area contributed by atoms with Crippen molar-refractivity contribution < 1.29 is 19.1 Å². The van der Waals surface area contributed by atoms with Crippen molar-refractivity contribution in [2.75, 3.05) is 13.2 Å². The molecule has 0 spiro atoms. The molecule has 4 nitrogen and oxygen atoms in total. The summed E-state index contributed by atoms with van der Waals surface area (Å²) >= 11 is 11.6. The molecule has 0 aliphatic heterocycles. The summed E-state index contributed by atoms with van der Waals surface area (Å²) in [5.74, 6) is -1.05. The first kappa shape index (κ1) is 15.5. The molecule has 0 aliphatic carbocycles. The molecule has 0 N–H and O–H groups in total. The maximum atomic E-state index is 11.7. The number of hydrogen-bond donors (Lipinski definition) is 0. The van der Waals surface area contributed by atoms with Crippen LogP contribution in [0.25, 0.3) is 0 Å². The zero-order valence-corrected chi connectivity index (χ0v) is 11.5. The number of ether oxygens (including phenoxy) is 2. The Morgan fingerprint density at radius 1 is 1.21 bits per heavy atom. The predicted molar refractivity (Wildman–Crippen MR) is 72.5 cm³/mol. The second-order valence-corrected chi connectivity index (χ2v) is 4.33. The molecule has 0 saturated carbocycles. The lowest BCUT2D eigenvalue weighted by Gasteiger charge is -2.06. The van der Waals surface area contributed by atoms with Crippen LogP contribution in [0.3, 0.4) is 0 Å². The minimum atomic E-state index is -0.545. The van der Waals surface area contributed by atoms with E-state index in [0.717, 1.165) is 6.08 Å². The summed E-state index contributed by atoms with van der Waals surface area (Å²) in [6, 6.07) is 4.51. The lowest BCUT2D eigenvalue weighted by atomic mass is 10.2. The van der Waals surface area contributed by atoms with E-state index in [0.29, 0.717) is 11.4 Å². The third-order valence-electron chi connectivity index (χ3n) is 2.08. The summed E-state index contributed by atoms with van der Waals surface area (Å²) in [4.78, 5) is 22.4. The molecule has 0 radical (unpaired) electrons. The van der Waals surface area contributed by atoms with E-state index in [2.05, 4.69) is 6.58 Å². The van der Waals surface area contributed by atoms with Crippen molar-refractivity contribution in [3.63, 3.8) is 0 Å². The molecule has 102 valence electrons. The van der Waals surface area contributed by atoms with Crippen LogP contribution in [0.2, 0.25) is 10.0 Å². The van der Waals surface area contributed by atoms with Gasteiger partial charge in [0.1, 0.15) is 0 Å². The van der Waals surface area contributed by atoms with E-state index < -0.39 is 11.9 Å². The van der Waals surface area contributed by atoms with Gasteiger partial charge in [0.25, 0.3) is 0 Å². The first-order valence-corrected chi connectivity index (χ1v) is 6.21. The number of carbonyl (C=O) groups excluding carboxylic acids is 2. The SMILES string of the molecule is C=CC(=O)OCCCOC(=O)c1ccc(Cl)cc1Cl. The zero-order chi connectivity index (χ0) is 14.3. The van der Waals surface area contributed by atoms with Crippen LogP contribution in [0.1, 0.15) is 16.8 Å². The molecule has 0 atom stereocenters. The van der Waals surface area contributed by atoms with Gasteiger partial charge in [0.05, 0.1) is 23.8 Å². The maximum absolute atomic E-state index is 11.7. The Bertz CT molecular complexity index is 486. The normalized spacial score (nSPS) is 9.79. The summed E-state index contributed by atoms with van der Waals surface area (Å²) in [7, 11) is 0. The maximum Gasteiger partial charge on any atom is 0.339 e. The van der Waals surface area contributed by atoms with Crippen LogP contribution in [0.4, 0.5) is 0 Å². The molecule has 0 amide bonds. The lowest BCUT2D eigenvalue weighted by Crippen LogP contribution is -2.10. The number of carbonyl (C=O) groups is 2. The average molecular weight is 303 g/mol. The summed E-state index contributed by atoms with van der Waals surface area (Å²) in [5, 5.41) is 0.675. The molecular weight excluding hydrogens is 291 g/mol. The standard InChI is InChI=1S/C13H12Cl2O4/c1-2-12(16)18-6-3-7-19-13(17)10-5-4-9(14)8-11(10)15/h2,4-5,8H,1,3,6-7H2. The van der Waals surface area contributed by atoms with Crippen LogP contribution in [0.15, 0.2) is 30.9 Å². The van der Waals surface area contributed by atoms with Crippen LogP contribution in [-0.4, -0.2) is 25.2 Å². The van der Waals surface area contributed by atoms with Crippen LogP contribution < -0.4 is 0 Å². The third kappa shape index (κ3) is 5.32. The highest BCUT2D eigenvalue weighted by Gasteiger charge is 2.11. The van der Waals surface area contributed by atoms with Crippen LogP contribution in [-0.2, 0) is 14.3 Å². The van der Waals surface area contributed by atoms with Gasteiger partial charge in [-0.1, -0.05) is 29.8 Å². The largest absolute Gasteiger partial charge is 0.462 e. The molecule has 19 heavy (non-hydrogen) atoms. The highest BCUT2D eigenvalue weighted by atomic mass is 35.5. The van der Waals surface area contributed by atoms with E-state index in [4.69, 9.17) is 32.7 Å². The van der Waals surface area contributed by atoms with Crippen LogP contribution in [0.5, 0.6) is 0 Å². The van der Waals surface area contributed by atoms with Gasteiger partial charge in [-0.15, -0.1) is 0 Å². The Balaban J connectivity index is 2.35. The van der Waals surface area contributed by atoms with Crippen molar-refractivity contribution in [3.8, 4) is 0 Å². The van der Waals surface area contributed by atoms with E-state index in [-0.39, 0.29) is 23.8 Å². The Morgan fingerprint density at radius 3 is 2.53 bits per heavy atom. The Kier molecular flexibility index (Phi) is 6.39. The Morgan fingerprint density at radius 2 is 1.89 bits per heavy atom. The first-order valence-electron chi connectivity index (χ1n) is 5.46. The van der Waals surface area contributed by atoms with Gasteiger partial charge in [-0.05, 0) is 18.2 Å². The molecule has 1 aromatic rings. The molecule has 0 unspecified atom stereocenters. The van der Waals surface area contributed by atoms with Gasteiger partial charge < -0.3 is 9.47 Å². The minimum Gasteiger partial charge on any atom is -0.462 e. The second-order valence-electron chi connectivity index (χ2n) is 3.49. The summed E-state index contributed by atoms with van der Waals surface area (Å²) in [6.45, 7) is 3.55. The van der Waals surface area contributed by atoms with Crippen LogP contribution >= 0.6 is 23.2 Å². The van der Waals surface area contributed by atoms with E-state index in [1.807, 2.05) is 0 Å². The average Bonchev–Trinajstić information content (AvgIpc) is 2.37. The highest BCUT2D eigenvalue weighted by Crippen LogP contribution is 2.21. The second kappa shape index (κ2) is 7.81. The van der Waals surface area contributed by atoms with E-state index in [9.17, 15) is 9.59 Å². The molecule has 0 saturated heterocycles. The number of hydrogen-bond acceptors (Lipinski definition) is 4.